The Bertz CT molecular complexity index is 1080. The van der Waals surface area contributed by atoms with Crippen LogP contribution < -0.4 is 4.90 Å². The molecule has 0 spiro atoms. The van der Waals surface area contributed by atoms with Crippen LogP contribution in [0.1, 0.15) is 15.9 Å². The first-order valence-corrected chi connectivity index (χ1v) is 11.9. The minimum Gasteiger partial charge on any atom is -0.336 e. The second-order valence-corrected chi connectivity index (χ2v) is 9.81. The van der Waals surface area contributed by atoms with E-state index < -0.39 is 9.84 Å². The summed E-state index contributed by atoms with van der Waals surface area (Å²) in [5.74, 6) is -0.0967. The number of fused-ring (bicyclic) bond motifs is 1. The highest BCUT2D eigenvalue weighted by atomic mass is 32.2. The van der Waals surface area contributed by atoms with Crippen LogP contribution in [0.2, 0.25) is 0 Å². The number of sulfone groups is 1. The summed E-state index contributed by atoms with van der Waals surface area (Å²) < 4.78 is 23.5. The van der Waals surface area contributed by atoms with Crippen LogP contribution in [-0.4, -0.2) is 75.6 Å². The summed E-state index contributed by atoms with van der Waals surface area (Å²) in [7, 11) is -3.36. The minimum absolute atomic E-state index is 0.0839. The van der Waals surface area contributed by atoms with Crippen LogP contribution in [0.3, 0.4) is 0 Å². The SMILES string of the molecule is CS(=O)(=O)c1cccc(C(=O)N2CCN(CC(=O)N3CCc4ccccc43)CC2)c1. The molecule has 8 heteroatoms. The molecule has 2 aliphatic heterocycles. The van der Waals surface area contributed by atoms with Crippen molar-refractivity contribution in [3.8, 4) is 0 Å². The third-order valence-electron chi connectivity index (χ3n) is 5.72. The molecule has 1 saturated heterocycles. The highest BCUT2D eigenvalue weighted by molar-refractivity contribution is 7.90. The fraction of sp³-hybridized carbons (Fsp3) is 0.364. The summed E-state index contributed by atoms with van der Waals surface area (Å²) >= 11 is 0. The van der Waals surface area contributed by atoms with E-state index in [1.54, 1.807) is 17.0 Å². The highest BCUT2D eigenvalue weighted by Gasteiger charge is 2.28. The normalized spacial score (nSPS) is 17.1. The standard InChI is InChI=1S/C22H25N3O4S/c1-30(28,29)19-7-4-6-18(15-19)22(27)24-13-11-23(12-14-24)16-21(26)25-10-9-17-5-2-3-8-20(17)25/h2-8,15H,9-14,16H2,1H3. The summed E-state index contributed by atoms with van der Waals surface area (Å²) in [6.07, 6.45) is 2.02. The van der Waals surface area contributed by atoms with Crippen LogP contribution in [0.15, 0.2) is 53.4 Å². The van der Waals surface area contributed by atoms with Gasteiger partial charge < -0.3 is 9.80 Å². The Labute approximate surface area is 176 Å². The van der Waals surface area contributed by atoms with E-state index in [2.05, 4.69) is 11.0 Å². The average molecular weight is 428 g/mol. The van der Waals surface area contributed by atoms with Crippen LogP contribution in [0.5, 0.6) is 0 Å². The first-order valence-electron chi connectivity index (χ1n) is 10.0. The van der Waals surface area contributed by atoms with E-state index in [0.717, 1.165) is 18.4 Å². The van der Waals surface area contributed by atoms with E-state index in [1.807, 2.05) is 23.1 Å². The largest absolute Gasteiger partial charge is 0.336 e. The molecule has 0 saturated carbocycles. The summed E-state index contributed by atoms with van der Waals surface area (Å²) in [5.41, 5.74) is 2.58. The van der Waals surface area contributed by atoms with Gasteiger partial charge in [-0.15, -0.1) is 0 Å². The smallest absolute Gasteiger partial charge is 0.253 e. The summed E-state index contributed by atoms with van der Waals surface area (Å²) in [6.45, 7) is 3.28. The monoisotopic (exact) mass is 427 g/mol. The number of para-hydroxylation sites is 1. The van der Waals surface area contributed by atoms with Crippen molar-refractivity contribution in [1.29, 1.82) is 0 Å². The molecule has 2 aliphatic rings. The molecule has 2 heterocycles. The maximum absolute atomic E-state index is 12.8. The van der Waals surface area contributed by atoms with Gasteiger partial charge in [-0.2, -0.15) is 0 Å². The zero-order chi connectivity index (χ0) is 21.3. The summed E-state index contributed by atoms with van der Waals surface area (Å²) in [4.78, 5) is 31.4. The molecule has 0 N–H and O–H groups in total. The van der Waals surface area contributed by atoms with E-state index in [0.29, 0.717) is 44.8 Å². The Balaban J connectivity index is 1.34. The van der Waals surface area contributed by atoms with E-state index >= 15 is 0 Å². The van der Waals surface area contributed by atoms with Gasteiger partial charge >= 0.3 is 0 Å². The second-order valence-electron chi connectivity index (χ2n) is 7.79. The Morgan fingerprint density at radius 3 is 2.40 bits per heavy atom. The molecule has 0 aromatic heterocycles. The third kappa shape index (κ3) is 4.24. The number of hydrogen-bond donors (Lipinski definition) is 0. The van der Waals surface area contributed by atoms with Gasteiger partial charge in [-0.25, -0.2) is 8.42 Å². The second kappa shape index (κ2) is 8.20. The molecule has 2 aromatic rings. The van der Waals surface area contributed by atoms with E-state index in [-0.39, 0.29) is 16.7 Å². The molecule has 0 aliphatic carbocycles. The maximum atomic E-state index is 12.8. The van der Waals surface area contributed by atoms with Crippen LogP contribution in [0.4, 0.5) is 5.69 Å². The molecule has 0 bridgehead atoms. The molecular weight excluding hydrogens is 402 g/mol. The van der Waals surface area contributed by atoms with Crippen molar-refractivity contribution in [1.82, 2.24) is 9.80 Å². The zero-order valence-corrected chi connectivity index (χ0v) is 17.8. The lowest BCUT2D eigenvalue weighted by Crippen LogP contribution is -2.51. The van der Waals surface area contributed by atoms with Gasteiger partial charge in [-0.3, -0.25) is 14.5 Å². The number of carbonyl (C=O) groups is 2. The topological polar surface area (TPSA) is 78.0 Å². The number of hydrogen-bond acceptors (Lipinski definition) is 5. The van der Waals surface area contributed by atoms with Gasteiger partial charge in [0.1, 0.15) is 0 Å². The van der Waals surface area contributed by atoms with Crippen molar-refractivity contribution in [3.05, 3.63) is 59.7 Å². The number of carbonyl (C=O) groups excluding carboxylic acids is 2. The molecule has 0 radical (unpaired) electrons. The number of amides is 2. The van der Waals surface area contributed by atoms with Gasteiger partial charge in [-0.05, 0) is 36.2 Å². The average Bonchev–Trinajstić information content (AvgIpc) is 3.18. The lowest BCUT2D eigenvalue weighted by atomic mass is 10.2. The van der Waals surface area contributed by atoms with Gasteiger partial charge in [0, 0.05) is 50.2 Å². The molecule has 2 amide bonds. The Morgan fingerprint density at radius 1 is 0.933 bits per heavy atom. The van der Waals surface area contributed by atoms with Gasteiger partial charge in [0.25, 0.3) is 5.91 Å². The fourth-order valence-corrected chi connectivity index (χ4v) is 4.69. The Hall–Kier alpha value is -2.71. The number of piperazine rings is 1. The molecule has 158 valence electrons. The van der Waals surface area contributed by atoms with Crippen LogP contribution >= 0.6 is 0 Å². The van der Waals surface area contributed by atoms with Crippen molar-refractivity contribution >= 4 is 27.3 Å². The maximum Gasteiger partial charge on any atom is 0.253 e. The third-order valence-corrected chi connectivity index (χ3v) is 6.83. The molecule has 0 unspecified atom stereocenters. The Morgan fingerprint density at radius 2 is 1.67 bits per heavy atom. The van der Waals surface area contributed by atoms with Crippen LogP contribution in [0, 0.1) is 0 Å². The summed E-state index contributed by atoms with van der Waals surface area (Å²) in [5, 5.41) is 0. The zero-order valence-electron chi connectivity index (χ0n) is 17.0. The molecule has 4 rings (SSSR count). The lowest BCUT2D eigenvalue weighted by Gasteiger charge is -2.35. The molecule has 0 atom stereocenters. The number of anilines is 1. The van der Waals surface area contributed by atoms with Gasteiger partial charge in [0.2, 0.25) is 5.91 Å². The minimum atomic E-state index is -3.36. The highest BCUT2D eigenvalue weighted by Crippen LogP contribution is 2.27. The molecular formula is C22H25N3O4S. The molecule has 30 heavy (non-hydrogen) atoms. The van der Waals surface area contributed by atoms with Crippen LogP contribution in [-0.2, 0) is 21.1 Å². The molecule has 2 aromatic carbocycles. The van der Waals surface area contributed by atoms with E-state index in [4.69, 9.17) is 0 Å². The van der Waals surface area contributed by atoms with Crippen LogP contribution in [0.25, 0.3) is 0 Å². The van der Waals surface area contributed by atoms with Crippen molar-refractivity contribution < 1.29 is 18.0 Å². The van der Waals surface area contributed by atoms with E-state index in [9.17, 15) is 18.0 Å². The lowest BCUT2D eigenvalue weighted by molar-refractivity contribution is -0.120. The number of rotatable bonds is 4. The van der Waals surface area contributed by atoms with Crippen molar-refractivity contribution in [2.75, 3.05) is 50.4 Å². The van der Waals surface area contributed by atoms with Crippen molar-refractivity contribution in [2.24, 2.45) is 0 Å². The fourth-order valence-electron chi connectivity index (χ4n) is 4.03. The van der Waals surface area contributed by atoms with Gasteiger partial charge in [0.15, 0.2) is 9.84 Å². The first-order chi connectivity index (χ1) is 14.3. The number of benzene rings is 2. The van der Waals surface area contributed by atoms with Crippen molar-refractivity contribution in [2.45, 2.75) is 11.3 Å². The van der Waals surface area contributed by atoms with Gasteiger partial charge in [0.05, 0.1) is 11.4 Å². The Kier molecular flexibility index (Phi) is 5.62. The van der Waals surface area contributed by atoms with E-state index in [1.165, 1.54) is 17.7 Å². The summed E-state index contributed by atoms with van der Waals surface area (Å²) in [6, 6.07) is 14.1. The quantitative estimate of drug-likeness (QED) is 0.738. The first kappa shape index (κ1) is 20.6. The van der Waals surface area contributed by atoms with Crippen molar-refractivity contribution in [3.63, 3.8) is 0 Å². The molecule has 7 nitrogen and oxygen atoms in total. The van der Waals surface area contributed by atoms with Gasteiger partial charge in [-0.1, -0.05) is 24.3 Å². The predicted octanol–water partition coefficient (Wildman–Crippen LogP) is 1.44. The number of nitrogens with zero attached hydrogens (tertiary/aromatic N) is 3. The molecule has 1 fully saturated rings. The predicted molar refractivity (Wildman–Crippen MR) is 114 cm³/mol.